The van der Waals surface area contributed by atoms with Gasteiger partial charge in [-0.1, -0.05) is 36.4 Å². The highest BCUT2D eigenvalue weighted by Gasteiger charge is 2.16. The third kappa shape index (κ3) is 3.99. The smallest absolute Gasteiger partial charge is 0.257 e. The third-order valence-corrected chi connectivity index (χ3v) is 4.59. The zero-order valence-corrected chi connectivity index (χ0v) is 15.8. The van der Waals surface area contributed by atoms with Crippen LogP contribution in [0.3, 0.4) is 0 Å². The Kier molecular flexibility index (Phi) is 5.03. The zero-order chi connectivity index (χ0) is 20.2. The Morgan fingerprint density at radius 1 is 0.759 bits per heavy atom. The van der Waals surface area contributed by atoms with Crippen LogP contribution in [0.15, 0.2) is 85.1 Å². The number of aromatic nitrogens is 1. The number of carbonyl (C=O) groups excluding carboxylic acids is 2. The number of anilines is 2. The van der Waals surface area contributed by atoms with Crippen molar-refractivity contribution in [2.45, 2.75) is 6.92 Å². The van der Waals surface area contributed by atoms with Crippen LogP contribution in [0, 0.1) is 6.92 Å². The first-order valence-corrected chi connectivity index (χ1v) is 9.24. The maximum atomic E-state index is 12.9. The van der Waals surface area contributed by atoms with Crippen molar-refractivity contribution in [3.8, 4) is 0 Å². The Balaban J connectivity index is 1.61. The summed E-state index contributed by atoms with van der Waals surface area (Å²) in [6, 6.07) is 23.6. The largest absolute Gasteiger partial charge is 0.322 e. The number of nitrogens with one attached hydrogen (secondary N) is 2. The molecule has 0 bridgehead atoms. The van der Waals surface area contributed by atoms with Crippen molar-refractivity contribution in [2.75, 3.05) is 10.6 Å². The summed E-state index contributed by atoms with van der Waals surface area (Å²) in [7, 11) is 0. The van der Waals surface area contributed by atoms with E-state index in [4.69, 9.17) is 0 Å². The van der Waals surface area contributed by atoms with Crippen molar-refractivity contribution in [2.24, 2.45) is 0 Å². The van der Waals surface area contributed by atoms with Gasteiger partial charge in [0.1, 0.15) is 0 Å². The Labute approximate surface area is 168 Å². The quantitative estimate of drug-likeness (QED) is 0.520. The highest BCUT2D eigenvalue weighted by Crippen LogP contribution is 2.21. The highest BCUT2D eigenvalue weighted by molar-refractivity contribution is 6.15. The number of para-hydroxylation sites is 1. The van der Waals surface area contributed by atoms with Crippen LogP contribution in [0.1, 0.15) is 26.3 Å². The first-order chi connectivity index (χ1) is 14.1. The first-order valence-electron chi connectivity index (χ1n) is 9.24. The van der Waals surface area contributed by atoms with Crippen molar-refractivity contribution < 1.29 is 9.59 Å². The number of pyridine rings is 1. The molecule has 1 heterocycles. The summed E-state index contributed by atoms with van der Waals surface area (Å²) in [6.07, 6.45) is 1.69. The van der Waals surface area contributed by atoms with Gasteiger partial charge in [0.15, 0.2) is 0 Å². The van der Waals surface area contributed by atoms with E-state index in [2.05, 4.69) is 15.6 Å². The van der Waals surface area contributed by atoms with E-state index in [1.165, 1.54) is 0 Å². The lowest BCUT2D eigenvalue weighted by Crippen LogP contribution is -2.18. The van der Waals surface area contributed by atoms with Gasteiger partial charge in [0.25, 0.3) is 11.8 Å². The molecule has 3 aromatic carbocycles. The lowest BCUT2D eigenvalue weighted by molar-refractivity contribution is 0.102. The van der Waals surface area contributed by atoms with Gasteiger partial charge in [-0.15, -0.1) is 0 Å². The van der Waals surface area contributed by atoms with Crippen LogP contribution in [0.25, 0.3) is 10.9 Å². The number of aryl methyl sites for hydroxylation is 1. The Bertz CT molecular complexity index is 1210. The first kappa shape index (κ1) is 18.4. The van der Waals surface area contributed by atoms with E-state index in [-0.39, 0.29) is 11.8 Å². The molecule has 4 aromatic rings. The molecule has 0 atom stereocenters. The number of nitrogens with zero attached hydrogens (tertiary/aromatic N) is 1. The minimum atomic E-state index is -0.292. The van der Waals surface area contributed by atoms with Gasteiger partial charge in [-0.2, -0.15) is 0 Å². The summed E-state index contributed by atoms with van der Waals surface area (Å²) in [5.41, 5.74) is 3.84. The molecular weight excluding hydrogens is 362 g/mol. The van der Waals surface area contributed by atoms with Crippen molar-refractivity contribution >= 4 is 34.1 Å². The van der Waals surface area contributed by atoms with Crippen LogP contribution >= 0.6 is 0 Å². The summed E-state index contributed by atoms with van der Waals surface area (Å²) >= 11 is 0. The van der Waals surface area contributed by atoms with Crippen LogP contribution in [0.5, 0.6) is 0 Å². The molecule has 0 saturated heterocycles. The molecule has 0 radical (unpaired) electrons. The molecule has 0 aliphatic rings. The van der Waals surface area contributed by atoms with Crippen LogP contribution in [-0.2, 0) is 0 Å². The minimum Gasteiger partial charge on any atom is -0.322 e. The second-order valence-corrected chi connectivity index (χ2v) is 6.70. The molecular formula is C24H19N3O2. The maximum absolute atomic E-state index is 12.9. The van der Waals surface area contributed by atoms with Crippen LogP contribution < -0.4 is 10.6 Å². The van der Waals surface area contributed by atoms with E-state index in [0.29, 0.717) is 22.5 Å². The van der Waals surface area contributed by atoms with Gasteiger partial charge >= 0.3 is 0 Å². The summed E-state index contributed by atoms with van der Waals surface area (Å²) in [5, 5.41) is 6.51. The van der Waals surface area contributed by atoms with E-state index in [0.717, 1.165) is 16.5 Å². The Hall–Kier alpha value is -3.99. The number of rotatable bonds is 4. The van der Waals surface area contributed by atoms with Crippen LogP contribution in [-0.4, -0.2) is 16.8 Å². The molecule has 0 saturated carbocycles. The van der Waals surface area contributed by atoms with Crippen LogP contribution in [0.4, 0.5) is 11.4 Å². The molecule has 5 heteroatoms. The SMILES string of the molecule is Cc1cccc(NC(=O)c2ccccc2NC(=O)c2cccc3ncccc23)c1. The topological polar surface area (TPSA) is 71.1 Å². The van der Waals surface area contributed by atoms with E-state index >= 15 is 0 Å². The van der Waals surface area contributed by atoms with Crippen molar-refractivity contribution in [1.82, 2.24) is 4.98 Å². The molecule has 142 valence electrons. The average Bonchev–Trinajstić information content (AvgIpc) is 2.73. The number of hydrogen-bond donors (Lipinski definition) is 2. The second-order valence-electron chi connectivity index (χ2n) is 6.70. The van der Waals surface area contributed by atoms with E-state index < -0.39 is 0 Å². The molecule has 2 amide bonds. The van der Waals surface area contributed by atoms with Crippen molar-refractivity contribution in [1.29, 1.82) is 0 Å². The third-order valence-electron chi connectivity index (χ3n) is 4.59. The molecule has 0 spiro atoms. The number of amides is 2. The molecule has 0 fully saturated rings. The molecule has 1 aromatic heterocycles. The fourth-order valence-corrected chi connectivity index (χ4v) is 3.20. The summed E-state index contributed by atoms with van der Waals surface area (Å²) < 4.78 is 0. The molecule has 5 nitrogen and oxygen atoms in total. The molecule has 0 unspecified atom stereocenters. The summed E-state index contributed by atoms with van der Waals surface area (Å²) in [5.74, 6) is -0.578. The zero-order valence-electron chi connectivity index (χ0n) is 15.8. The van der Waals surface area contributed by atoms with E-state index in [1.54, 1.807) is 48.7 Å². The van der Waals surface area contributed by atoms with Gasteiger partial charge in [-0.3, -0.25) is 14.6 Å². The van der Waals surface area contributed by atoms with Crippen molar-refractivity contribution in [3.05, 3.63) is 102 Å². The molecule has 29 heavy (non-hydrogen) atoms. The normalized spacial score (nSPS) is 10.5. The van der Waals surface area contributed by atoms with Crippen molar-refractivity contribution in [3.63, 3.8) is 0 Å². The number of benzene rings is 3. The molecule has 4 rings (SSSR count). The number of carbonyl (C=O) groups is 2. The predicted molar refractivity (Wildman–Crippen MR) is 115 cm³/mol. The van der Waals surface area contributed by atoms with Gasteiger partial charge in [0.05, 0.1) is 16.8 Å². The molecule has 0 aliphatic heterocycles. The second kappa shape index (κ2) is 7.94. The lowest BCUT2D eigenvalue weighted by atomic mass is 10.1. The van der Waals surface area contributed by atoms with Crippen LogP contribution in [0.2, 0.25) is 0 Å². The summed E-state index contributed by atoms with van der Waals surface area (Å²) in [4.78, 5) is 30.0. The predicted octanol–water partition coefficient (Wildman–Crippen LogP) is 5.05. The van der Waals surface area contributed by atoms with Gasteiger partial charge in [-0.25, -0.2) is 0 Å². The standard InChI is InChI=1S/C24H19N3O2/c1-16-7-4-8-17(15-16)26-24(29)20-9-2-3-12-22(20)27-23(28)19-10-5-13-21-18(19)11-6-14-25-21/h2-15H,1H3,(H,26,29)(H,27,28). The number of fused-ring (bicyclic) bond motifs is 1. The summed E-state index contributed by atoms with van der Waals surface area (Å²) in [6.45, 7) is 1.96. The number of hydrogen-bond acceptors (Lipinski definition) is 3. The molecule has 0 aliphatic carbocycles. The highest BCUT2D eigenvalue weighted by atomic mass is 16.2. The fraction of sp³-hybridized carbons (Fsp3) is 0.0417. The monoisotopic (exact) mass is 381 g/mol. The van der Waals surface area contributed by atoms with Gasteiger partial charge in [0.2, 0.25) is 0 Å². The lowest BCUT2D eigenvalue weighted by Gasteiger charge is -2.12. The van der Waals surface area contributed by atoms with E-state index in [9.17, 15) is 9.59 Å². The average molecular weight is 381 g/mol. The Morgan fingerprint density at radius 2 is 1.52 bits per heavy atom. The maximum Gasteiger partial charge on any atom is 0.257 e. The van der Waals surface area contributed by atoms with Gasteiger partial charge in [-0.05, 0) is 55.0 Å². The Morgan fingerprint density at radius 3 is 2.38 bits per heavy atom. The minimum absolute atomic E-state index is 0.286. The van der Waals surface area contributed by atoms with Gasteiger partial charge < -0.3 is 10.6 Å². The van der Waals surface area contributed by atoms with E-state index in [1.807, 2.05) is 43.3 Å². The van der Waals surface area contributed by atoms with Gasteiger partial charge in [0, 0.05) is 22.8 Å². The molecule has 2 N–H and O–H groups in total. The fourth-order valence-electron chi connectivity index (χ4n) is 3.20.